The predicted octanol–water partition coefficient (Wildman–Crippen LogP) is 1.74. The number of hydrogen-bond donors (Lipinski definition) is 1. The summed E-state index contributed by atoms with van der Waals surface area (Å²) in [4.78, 5) is 11.5. The quantitative estimate of drug-likeness (QED) is 0.867. The molecule has 0 fully saturated rings. The molecular formula is C14H18N4O2. The van der Waals surface area contributed by atoms with Gasteiger partial charge in [-0.05, 0) is 21.9 Å². The van der Waals surface area contributed by atoms with Crippen LogP contribution in [-0.2, 0) is 17.6 Å². The Balaban J connectivity index is 2.25. The average Bonchev–Trinajstić information content (AvgIpc) is 2.84. The number of carboxylic acids is 1. The van der Waals surface area contributed by atoms with E-state index in [2.05, 4.69) is 15.5 Å². The van der Waals surface area contributed by atoms with Crippen LogP contribution in [-0.4, -0.2) is 31.3 Å². The van der Waals surface area contributed by atoms with Gasteiger partial charge >= 0.3 is 5.97 Å². The van der Waals surface area contributed by atoms with Crippen LogP contribution >= 0.6 is 0 Å². The fourth-order valence-electron chi connectivity index (χ4n) is 2.07. The van der Waals surface area contributed by atoms with Crippen LogP contribution in [0, 0.1) is 5.92 Å². The summed E-state index contributed by atoms with van der Waals surface area (Å²) in [7, 11) is 0. The van der Waals surface area contributed by atoms with Crippen LogP contribution in [0.5, 0.6) is 0 Å². The van der Waals surface area contributed by atoms with E-state index in [1.165, 1.54) is 4.68 Å². The molecule has 6 nitrogen and oxygen atoms in total. The molecule has 0 aliphatic rings. The van der Waals surface area contributed by atoms with Crippen molar-refractivity contribution in [1.82, 2.24) is 20.2 Å². The first-order valence-electron chi connectivity index (χ1n) is 6.61. The van der Waals surface area contributed by atoms with Gasteiger partial charge in [0.25, 0.3) is 0 Å². The molecule has 0 aliphatic heterocycles. The molecule has 0 bridgehead atoms. The van der Waals surface area contributed by atoms with Crippen LogP contribution in [0.1, 0.15) is 31.3 Å². The molecule has 0 saturated carbocycles. The van der Waals surface area contributed by atoms with Gasteiger partial charge in [-0.2, -0.15) is 0 Å². The highest BCUT2D eigenvalue weighted by molar-refractivity contribution is 5.72. The van der Waals surface area contributed by atoms with E-state index in [1.807, 2.05) is 44.2 Å². The lowest BCUT2D eigenvalue weighted by Gasteiger charge is -2.15. The van der Waals surface area contributed by atoms with Crippen LogP contribution in [0.4, 0.5) is 0 Å². The first-order chi connectivity index (χ1) is 9.58. The number of tetrazole rings is 1. The molecule has 2 rings (SSSR count). The predicted molar refractivity (Wildman–Crippen MR) is 73.2 cm³/mol. The van der Waals surface area contributed by atoms with Gasteiger partial charge in [0.1, 0.15) is 0 Å². The molecule has 1 aromatic carbocycles. The lowest BCUT2D eigenvalue weighted by Crippen LogP contribution is -2.25. The summed E-state index contributed by atoms with van der Waals surface area (Å²) < 4.78 is 1.43. The standard InChI is InChI=1S/C14H18N4O2/c1-10(2)8-13-15-16-17-18(13)12(14(19)20)9-11-6-4-3-5-7-11/h3-7,10,12H,8-9H2,1-2H3,(H,19,20). The summed E-state index contributed by atoms with van der Waals surface area (Å²) in [6, 6.07) is 8.72. The van der Waals surface area contributed by atoms with Crippen molar-refractivity contribution in [2.45, 2.75) is 32.7 Å². The second-order valence-corrected chi connectivity index (χ2v) is 5.18. The molecule has 2 aromatic rings. The number of aliphatic carboxylic acids is 1. The maximum absolute atomic E-state index is 11.5. The molecule has 106 valence electrons. The smallest absolute Gasteiger partial charge is 0.328 e. The van der Waals surface area contributed by atoms with Gasteiger partial charge in [-0.3, -0.25) is 0 Å². The van der Waals surface area contributed by atoms with E-state index in [1.54, 1.807) is 0 Å². The van der Waals surface area contributed by atoms with Gasteiger partial charge in [0.15, 0.2) is 11.9 Å². The zero-order valence-electron chi connectivity index (χ0n) is 11.6. The van der Waals surface area contributed by atoms with Crippen molar-refractivity contribution >= 4 is 5.97 Å². The Morgan fingerprint density at radius 2 is 1.95 bits per heavy atom. The third-order valence-electron chi connectivity index (χ3n) is 3.00. The van der Waals surface area contributed by atoms with E-state index in [9.17, 15) is 9.90 Å². The molecule has 1 aromatic heterocycles. The Hall–Kier alpha value is -2.24. The van der Waals surface area contributed by atoms with Crippen molar-refractivity contribution < 1.29 is 9.90 Å². The van der Waals surface area contributed by atoms with E-state index in [0.29, 0.717) is 24.6 Å². The number of benzene rings is 1. The molecular weight excluding hydrogens is 256 g/mol. The van der Waals surface area contributed by atoms with Gasteiger partial charge in [0.05, 0.1) is 0 Å². The summed E-state index contributed by atoms with van der Waals surface area (Å²) >= 11 is 0. The van der Waals surface area contributed by atoms with Gasteiger partial charge < -0.3 is 5.11 Å². The van der Waals surface area contributed by atoms with Crippen molar-refractivity contribution in [3.8, 4) is 0 Å². The van der Waals surface area contributed by atoms with Gasteiger partial charge in [-0.25, -0.2) is 9.48 Å². The Bertz CT molecular complexity index is 566. The second kappa shape index (κ2) is 6.27. The van der Waals surface area contributed by atoms with Crippen molar-refractivity contribution in [2.24, 2.45) is 5.92 Å². The van der Waals surface area contributed by atoms with Crippen molar-refractivity contribution in [1.29, 1.82) is 0 Å². The van der Waals surface area contributed by atoms with Crippen LogP contribution in [0.15, 0.2) is 30.3 Å². The minimum atomic E-state index is -0.925. The zero-order valence-corrected chi connectivity index (χ0v) is 11.6. The maximum Gasteiger partial charge on any atom is 0.328 e. The molecule has 1 heterocycles. The third kappa shape index (κ3) is 3.40. The Labute approximate surface area is 117 Å². The van der Waals surface area contributed by atoms with Gasteiger partial charge in [0.2, 0.25) is 0 Å². The number of carboxylic acid groups (broad SMARTS) is 1. The number of rotatable bonds is 6. The molecule has 6 heteroatoms. The summed E-state index contributed by atoms with van der Waals surface area (Å²) in [6.45, 7) is 4.10. The first-order valence-corrected chi connectivity index (χ1v) is 6.61. The second-order valence-electron chi connectivity index (χ2n) is 5.18. The van der Waals surface area contributed by atoms with Crippen LogP contribution in [0.25, 0.3) is 0 Å². The number of aromatic nitrogens is 4. The van der Waals surface area contributed by atoms with Crippen molar-refractivity contribution in [2.75, 3.05) is 0 Å². The van der Waals surface area contributed by atoms with Gasteiger partial charge in [0, 0.05) is 12.8 Å². The Morgan fingerprint density at radius 1 is 1.25 bits per heavy atom. The maximum atomic E-state index is 11.5. The zero-order chi connectivity index (χ0) is 14.5. The first kappa shape index (κ1) is 14.2. The fraction of sp³-hybridized carbons (Fsp3) is 0.429. The highest BCUT2D eigenvalue weighted by Crippen LogP contribution is 2.16. The molecule has 0 saturated heterocycles. The lowest BCUT2D eigenvalue weighted by molar-refractivity contribution is -0.141. The van der Waals surface area contributed by atoms with E-state index in [4.69, 9.17) is 0 Å². The van der Waals surface area contributed by atoms with Crippen molar-refractivity contribution in [3.05, 3.63) is 41.7 Å². The van der Waals surface area contributed by atoms with Crippen molar-refractivity contribution in [3.63, 3.8) is 0 Å². The van der Waals surface area contributed by atoms with Crippen LogP contribution in [0.2, 0.25) is 0 Å². The number of carbonyl (C=O) groups is 1. The van der Waals surface area contributed by atoms with Crippen LogP contribution in [0.3, 0.4) is 0 Å². The monoisotopic (exact) mass is 274 g/mol. The fourth-order valence-corrected chi connectivity index (χ4v) is 2.07. The molecule has 1 unspecified atom stereocenters. The molecule has 0 spiro atoms. The summed E-state index contributed by atoms with van der Waals surface area (Å²) in [5.74, 6) is 0.0559. The largest absolute Gasteiger partial charge is 0.480 e. The van der Waals surface area contributed by atoms with E-state index >= 15 is 0 Å². The number of hydrogen-bond acceptors (Lipinski definition) is 4. The highest BCUT2D eigenvalue weighted by Gasteiger charge is 2.24. The molecule has 0 amide bonds. The lowest BCUT2D eigenvalue weighted by atomic mass is 10.1. The summed E-state index contributed by atoms with van der Waals surface area (Å²) in [5.41, 5.74) is 0.950. The van der Waals surface area contributed by atoms with E-state index in [0.717, 1.165) is 5.56 Å². The van der Waals surface area contributed by atoms with Gasteiger partial charge in [-0.1, -0.05) is 44.2 Å². The minimum Gasteiger partial charge on any atom is -0.480 e. The number of nitrogens with zero attached hydrogens (tertiary/aromatic N) is 4. The SMILES string of the molecule is CC(C)Cc1nnnn1C(Cc1ccccc1)C(=O)O. The van der Waals surface area contributed by atoms with E-state index in [-0.39, 0.29) is 0 Å². The average molecular weight is 274 g/mol. The molecule has 1 atom stereocenters. The molecule has 0 radical (unpaired) electrons. The summed E-state index contributed by atoms with van der Waals surface area (Å²) in [6.07, 6.45) is 1.03. The van der Waals surface area contributed by atoms with Crippen LogP contribution < -0.4 is 0 Å². The molecule has 0 aliphatic carbocycles. The topological polar surface area (TPSA) is 80.9 Å². The normalized spacial score (nSPS) is 12.6. The molecule has 1 N–H and O–H groups in total. The minimum absolute atomic E-state index is 0.367. The van der Waals surface area contributed by atoms with Gasteiger partial charge in [-0.15, -0.1) is 5.10 Å². The molecule has 20 heavy (non-hydrogen) atoms. The Morgan fingerprint density at radius 3 is 2.55 bits per heavy atom. The third-order valence-corrected chi connectivity index (χ3v) is 3.00. The highest BCUT2D eigenvalue weighted by atomic mass is 16.4. The Kier molecular flexibility index (Phi) is 4.45. The summed E-state index contributed by atoms with van der Waals surface area (Å²) in [5, 5.41) is 20.9. The van der Waals surface area contributed by atoms with E-state index < -0.39 is 12.0 Å².